The lowest BCUT2D eigenvalue weighted by molar-refractivity contribution is -0.385. The van der Waals surface area contributed by atoms with Crippen molar-refractivity contribution in [2.45, 2.75) is 44.7 Å². The van der Waals surface area contributed by atoms with E-state index in [-0.39, 0.29) is 10.6 Å². The SMILES string of the molecule is CNC1CCC(N(C)c2ccc([N+](=O)[O-])c(C)n2)CC1. The van der Waals surface area contributed by atoms with Crippen molar-refractivity contribution in [3.63, 3.8) is 0 Å². The molecule has 0 aromatic carbocycles. The molecule has 0 atom stereocenters. The minimum absolute atomic E-state index is 0.0843. The minimum atomic E-state index is -0.385. The Morgan fingerprint density at radius 1 is 1.35 bits per heavy atom. The molecule has 6 nitrogen and oxygen atoms in total. The Morgan fingerprint density at radius 2 is 2.00 bits per heavy atom. The summed E-state index contributed by atoms with van der Waals surface area (Å²) in [5, 5.41) is 14.1. The van der Waals surface area contributed by atoms with Crippen LogP contribution in [0.3, 0.4) is 0 Å². The minimum Gasteiger partial charge on any atom is -0.357 e. The maximum atomic E-state index is 10.8. The Bertz CT molecular complexity index is 484. The molecule has 0 spiro atoms. The molecule has 0 radical (unpaired) electrons. The number of rotatable bonds is 4. The number of pyridine rings is 1. The predicted octanol–water partition coefficient (Wildman–Crippen LogP) is 2.27. The smallest absolute Gasteiger partial charge is 0.290 e. The molecule has 20 heavy (non-hydrogen) atoms. The second-order valence-corrected chi connectivity index (χ2v) is 5.44. The van der Waals surface area contributed by atoms with Crippen LogP contribution in [0.5, 0.6) is 0 Å². The van der Waals surface area contributed by atoms with Crippen LogP contribution in [0.15, 0.2) is 12.1 Å². The summed E-state index contributed by atoms with van der Waals surface area (Å²) < 4.78 is 0. The van der Waals surface area contributed by atoms with Crippen LogP contribution in [0.1, 0.15) is 31.4 Å². The molecule has 0 aliphatic heterocycles. The van der Waals surface area contributed by atoms with E-state index in [1.807, 2.05) is 14.1 Å². The lowest BCUT2D eigenvalue weighted by atomic mass is 9.90. The van der Waals surface area contributed by atoms with Gasteiger partial charge in [-0.3, -0.25) is 10.1 Å². The largest absolute Gasteiger partial charge is 0.357 e. The number of aromatic nitrogens is 1. The molecule has 1 aromatic rings. The molecule has 1 saturated carbocycles. The molecule has 1 aliphatic carbocycles. The monoisotopic (exact) mass is 278 g/mol. The van der Waals surface area contributed by atoms with E-state index in [9.17, 15) is 10.1 Å². The van der Waals surface area contributed by atoms with Crippen molar-refractivity contribution in [2.75, 3.05) is 19.0 Å². The summed E-state index contributed by atoms with van der Waals surface area (Å²) in [6.45, 7) is 1.69. The van der Waals surface area contributed by atoms with Gasteiger partial charge in [0.15, 0.2) is 0 Å². The standard InChI is InChI=1S/C14H22N4O2/c1-10-13(18(19)20)8-9-14(16-10)17(3)12-6-4-11(15-2)5-7-12/h8-9,11-12,15H,4-7H2,1-3H3. The normalized spacial score (nSPS) is 22.6. The fourth-order valence-electron chi connectivity index (χ4n) is 2.87. The van der Waals surface area contributed by atoms with Gasteiger partial charge in [-0.25, -0.2) is 4.98 Å². The van der Waals surface area contributed by atoms with Crippen LogP contribution in [0.25, 0.3) is 0 Å². The summed E-state index contributed by atoms with van der Waals surface area (Å²) in [5.41, 5.74) is 0.560. The number of nitro groups is 1. The van der Waals surface area contributed by atoms with Crippen LogP contribution in [0.4, 0.5) is 11.5 Å². The topological polar surface area (TPSA) is 71.3 Å². The van der Waals surface area contributed by atoms with E-state index >= 15 is 0 Å². The lowest BCUT2D eigenvalue weighted by Gasteiger charge is -2.35. The fourth-order valence-corrected chi connectivity index (χ4v) is 2.87. The third kappa shape index (κ3) is 3.07. The lowest BCUT2D eigenvalue weighted by Crippen LogP contribution is -2.40. The summed E-state index contributed by atoms with van der Waals surface area (Å²) in [7, 11) is 4.04. The Hall–Kier alpha value is -1.69. The van der Waals surface area contributed by atoms with Crippen molar-refractivity contribution in [1.82, 2.24) is 10.3 Å². The van der Waals surface area contributed by atoms with Gasteiger partial charge in [0.05, 0.1) is 4.92 Å². The highest BCUT2D eigenvalue weighted by Gasteiger charge is 2.24. The van der Waals surface area contributed by atoms with Crippen LogP contribution in [0, 0.1) is 17.0 Å². The van der Waals surface area contributed by atoms with Crippen molar-refractivity contribution in [1.29, 1.82) is 0 Å². The van der Waals surface area contributed by atoms with Gasteiger partial charge in [0.2, 0.25) is 0 Å². The molecule has 0 amide bonds. The van der Waals surface area contributed by atoms with Gasteiger partial charge in [-0.05, 0) is 45.7 Å². The maximum Gasteiger partial charge on any atom is 0.290 e. The Morgan fingerprint density at radius 3 is 2.50 bits per heavy atom. The first-order valence-electron chi connectivity index (χ1n) is 7.05. The summed E-state index contributed by atoms with van der Waals surface area (Å²) in [5.74, 6) is 0.820. The van der Waals surface area contributed by atoms with Crippen LogP contribution < -0.4 is 10.2 Å². The van der Waals surface area contributed by atoms with E-state index in [4.69, 9.17) is 0 Å². The maximum absolute atomic E-state index is 10.8. The van der Waals surface area contributed by atoms with Gasteiger partial charge < -0.3 is 10.2 Å². The Labute approximate surface area is 119 Å². The van der Waals surface area contributed by atoms with E-state index in [0.29, 0.717) is 17.8 Å². The second-order valence-electron chi connectivity index (χ2n) is 5.44. The average molecular weight is 278 g/mol. The number of nitrogens with zero attached hydrogens (tertiary/aromatic N) is 3. The van der Waals surface area contributed by atoms with Gasteiger partial charge in [0, 0.05) is 25.2 Å². The van der Waals surface area contributed by atoms with E-state index in [1.165, 1.54) is 0 Å². The predicted molar refractivity (Wildman–Crippen MR) is 79.1 cm³/mol. The average Bonchev–Trinajstić information content (AvgIpc) is 2.46. The van der Waals surface area contributed by atoms with Crippen LogP contribution in [0.2, 0.25) is 0 Å². The van der Waals surface area contributed by atoms with Gasteiger partial charge >= 0.3 is 0 Å². The van der Waals surface area contributed by atoms with Gasteiger partial charge in [0.1, 0.15) is 11.5 Å². The third-order valence-electron chi connectivity index (χ3n) is 4.25. The quantitative estimate of drug-likeness (QED) is 0.675. The number of nitrogens with one attached hydrogen (secondary N) is 1. The van der Waals surface area contributed by atoms with Gasteiger partial charge in [-0.15, -0.1) is 0 Å². The first-order chi connectivity index (χ1) is 9.52. The highest BCUT2D eigenvalue weighted by Crippen LogP contribution is 2.27. The zero-order valence-corrected chi connectivity index (χ0v) is 12.3. The molecule has 0 bridgehead atoms. The summed E-state index contributed by atoms with van der Waals surface area (Å²) in [6, 6.07) is 4.38. The molecule has 6 heteroatoms. The molecule has 110 valence electrons. The summed E-state index contributed by atoms with van der Waals surface area (Å²) >= 11 is 0. The third-order valence-corrected chi connectivity index (χ3v) is 4.25. The molecule has 2 rings (SSSR count). The van der Waals surface area contributed by atoms with Crippen LogP contribution >= 0.6 is 0 Å². The second kappa shape index (κ2) is 6.17. The highest BCUT2D eigenvalue weighted by atomic mass is 16.6. The Kier molecular flexibility index (Phi) is 4.54. The van der Waals surface area contributed by atoms with E-state index in [2.05, 4.69) is 15.2 Å². The first-order valence-corrected chi connectivity index (χ1v) is 7.05. The van der Waals surface area contributed by atoms with Crippen molar-refractivity contribution in [3.05, 3.63) is 27.9 Å². The van der Waals surface area contributed by atoms with Gasteiger partial charge in [-0.2, -0.15) is 0 Å². The highest BCUT2D eigenvalue weighted by molar-refractivity contribution is 5.47. The van der Waals surface area contributed by atoms with Crippen molar-refractivity contribution >= 4 is 11.5 Å². The molecule has 0 unspecified atom stereocenters. The number of hydrogen-bond acceptors (Lipinski definition) is 5. The number of hydrogen-bond donors (Lipinski definition) is 1. The zero-order valence-electron chi connectivity index (χ0n) is 12.3. The van der Waals surface area contributed by atoms with E-state index in [0.717, 1.165) is 31.5 Å². The van der Waals surface area contributed by atoms with Crippen molar-refractivity contribution in [3.8, 4) is 0 Å². The molecule has 1 aliphatic rings. The van der Waals surface area contributed by atoms with Crippen molar-refractivity contribution in [2.24, 2.45) is 0 Å². The summed E-state index contributed by atoms with van der Waals surface area (Å²) in [4.78, 5) is 17.0. The molecule has 1 fully saturated rings. The van der Waals surface area contributed by atoms with Crippen molar-refractivity contribution < 1.29 is 4.92 Å². The van der Waals surface area contributed by atoms with Gasteiger partial charge in [0.25, 0.3) is 5.69 Å². The molecular weight excluding hydrogens is 256 g/mol. The molecule has 0 saturated heterocycles. The van der Waals surface area contributed by atoms with Crippen LogP contribution in [-0.2, 0) is 0 Å². The molecule has 1 N–H and O–H groups in total. The first kappa shape index (κ1) is 14.7. The van der Waals surface area contributed by atoms with Crippen LogP contribution in [-0.4, -0.2) is 36.1 Å². The molecular formula is C14H22N4O2. The summed E-state index contributed by atoms with van der Waals surface area (Å²) in [6.07, 6.45) is 4.58. The molecule has 1 heterocycles. The molecule has 1 aromatic heterocycles. The number of aryl methyl sites for hydroxylation is 1. The van der Waals surface area contributed by atoms with Gasteiger partial charge in [-0.1, -0.05) is 0 Å². The fraction of sp³-hybridized carbons (Fsp3) is 0.643. The zero-order chi connectivity index (χ0) is 14.7. The Balaban J connectivity index is 2.08. The number of anilines is 1. The van der Waals surface area contributed by atoms with E-state index < -0.39 is 0 Å². The van der Waals surface area contributed by atoms with E-state index in [1.54, 1.807) is 19.1 Å².